The van der Waals surface area contributed by atoms with Crippen LogP contribution in [0.2, 0.25) is 0 Å². The van der Waals surface area contributed by atoms with Crippen molar-refractivity contribution < 1.29 is 9.15 Å². The SMILES string of the molecule is COc1ccc(-n2c(SCc3cc(=O)oc4ccc5ccccc5c34)nc3ccccc32)cc1. The molecular weight excluding hydrogens is 444 g/mol. The molecule has 0 aliphatic heterocycles. The van der Waals surface area contributed by atoms with Gasteiger partial charge >= 0.3 is 5.63 Å². The number of hydrogen-bond donors (Lipinski definition) is 0. The first-order valence-electron chi connectivity index (χ1n) is 10.9. The maximum Gasteiger partial charge on any atom is 0.336 e. The van der Waals surface area contributed by atoms with Gasteiger partial charge < -0.3 is 9.15 Å². The van der Waals surface area contributed by atoms with Gasteiger partial charge in [-0.15, -0.1) is 0 Å². The van der Waals surface area contributed by atoms with Crippen LogP contribution >= 0.6 is 11.8 Å². The van der Waals surface area contributed by atoms with Crippen molar-refractivity contribution in [1.29, 1.82) is 0 Å². The molecule has 166 valence electrons. The van der Waals surface area contributed by atoms with Gasteiger partial charge in [0.1, 0.15) is 11.3 Å². The Kier molecular flexibility index (Phi) is 5.08. The molecule has 6 rings (SSSR count). The number of ether oxygens (including phenoxy) is 1. The zero-order valence-electron chi connectivity index (χ0n) is 18.4. The normalized spacial score (nSPS) is 11.4. The Labute approximate surface area is 199 Å². The monoisotopic (exact) mass is 464 g/mol. The fourth-order valence-electron chi connectivity index (χ4n) is 4.36. The highest BCUT2D eigenvalue weighted by Crippen LogP contribution is 2.34. The zero-order chi connectivity index (χ0) is 23.1. The lowest BCUT2D eigenvalue weighted by Crippen LogP contribution is -2.01. The van der Waals surface area contributed by atoms with Gasteiger partial charge in [-0.25, -0.2) is 9.78 Å². The largest absolute Gasteiger partial charge is 0.497 e. The van der Waals surface area contributed by atoms with Crippen LogP contribution in [0.15, 0.2) is 105 Å². The third kappa shape index (κ3) is 3.53. The standard InChI is InChI=1S/C28H20N2O3S/c1-32-21-13-11-20(12-14-21)30-24-9-5-4-8-23(24)29-28(30)34-17-19-16-26(31)33-25-15-10-18-6-2-3-7-22(18)27(19)25/h2-16H,17H2,1H3. The minimum Gasteiger partial charge on any atom is -0.497 e. The molecule has 0 aliphatic rings. The number of imidazole rings is 1. The molecule has 0 saturated carbocycles. The molecule has 0 aliphatic carbocycles. The number of benzene rings is 4. The van der Waals surface area contributed by atoms with E-state index >= 15 is 0 Å². The number of hydrogen-bond acceptors (Lipinski definition) is 5. The van der Waals surface area contributed by atoms with Crippen LogP contribution in [-0.4, -0.2) is 16.7 Å². The fraction of sp³-hybridized carbons (Fsp3) is 0.0714. The van der Waals surface area contributed by atoms with Crippen molar-refractivity contribution in [2.75, 3.05) is 7.11 Å². The van der Waals surface area contributed by atoms with Gasteiger partial charge in [-0.05, 0) is 58.8 Å². The smallest absolute Gasteiger partial charge is 0.336 e. The molecule has 0 spiro atoms. The lowest BCUT2D eigenvalue weighted by Gasteiger charge is -2.11. The Balaban J connectivity index is 1.47. The molecule has 0 unspecified atom stereocenters. The van der Waals surface area contributed by atoms with Gasteiger partial charge in [0.15, 0.2) is 5.16 Å². The minimum absolute atomic E-state index is 0.345. The van der Waals surface area contributed by atoms with E-state index in [-0.39, 0.29) is 5.63 Å². The third-order valence-electron chi connectivity index (χ3n) is 5.93. The highest BCUT2D eigenvalue weighted by Gasteiger charge is 2.15. The molecule has 34 heavy (non-hydrogen) atoms. The summed E-state index contributed by atoms with van der Waals surface area (Å²) >= 11 is 1.60. The Morgan fingerprint density at radius 1 is 0.941 bits per heavy atom. The van der Waals surface area contributed by atoms with Crippen molar-refractivity contribution in [2.45, 2.75) is 10.9 Å². The predicted molar refractivity (Wildman–Crippen MR) is 137 cm³/mol. The summed E-state index contributed by atoms with van der Waals surface area (Å²) in [5.74, 6) is 1.38. The number of aromatic nitrogens is 2. The molecular formula is C28H20N2O3S. The summed E-state index contributed by atoms with van der Waals surface area (Å²) < 4.78 is 13.0. The molecule has 6 heteroatoms. The predicted octanol–water partition coefficient (Wildman–Crippen LogP) is 6.59. The molecule has 0 bridgehead atoms. The average molecular weight is 465 g/mol. The van der Waals surface area contributed by atoms with Crippen LogP contribution in [0.1, 0.15) is 5.56 Å². The second-order valence-corrected chi connectivity index (χ2v) is 8.90. The van der Waals surface area contributed by atoms with Gasteiger partial charge in [0, 0.05) is 22.9 Å². The molecule has 6 aromatic rings. The Morgan fingerprint density at radius 2 is 1.74 bits per heavy atom. The van der Waals surface area contributed by atoms with Crippen LogP contribution in [0.4, 0.5) is 0 Å². The van der Waals surface area contributed by atoms with E-state index in [1.165, 1.54) is 0 Å². The lowest BCUT2D eigenvalue weighted by molar-refractivity contribution is 0.414. The second-order valence-electron chi connectivity index (χ2n) is 7.96. The Bertz CT molecular complexity index is 1720. The van der Waals surface area contributed by atoms with Gasteiger partial charge in [0.25, 0.3) is 0 Å². The summed E-state index contributed by atoms with van der Waals surface area (Å²) in [4.78, 5) is 17.2. The topological polar surface area (TPSA) is 57.3 Å². The fourth-order valence-corrected chi connectivity index (χ4v) is 5.37. The van der Waals surface area contributed by atoms with Crippen LogP contribution in [0.5, 0.6) is 5.75 Å². The molecule has 0 amide bonds. The lowest BCUT2D eigenvalue weighted by atomic mass is 10.0. The molecule has 0 radical (unpaired) electrons. The first-order valence-corrected chi connectivity index (χ1v) is 11.9. The zero-order valence-corrected chi connectivity index (χ0v) is 19.2. The molecule has 0 N–H and O–H groups in total. The highest BCUT2D eigenvalue weighted by molar-refractivity contribution is 7.98. The van der Waals surface area contributed by atoms with Gasteiger partial charge in [-0.3, -0.25) is 4.57 Å². The first-order chi connectivity index (χ1) is 16.7. The molecule has 5 nitrogen and oxygen atoms in total. The van der Waals surface area contributed by atoms with Gasteiger partial charge in [0.2, 0.25) is 0 Å². The first kappa shape index (κ1) is 20.6. The number of para-hydroxylation sites is 2. The second kappa shape index (κ2) is 8.39. The molecule has 2 aromatic heterocycles. The van der Waals surface area contributed by atoms with E-state index in [9.17, 15) is 4.79 Å². The molecule has 0 fully saturated rings. The Morgan fingerprint density at radius 3 is 2.59 bits per heavy atom. The van der Waals surface area contributed by atoms with E-state index in [0.29, 0.717) is 11.3 Å². The summed E-state index contributed by atoms with van der Waals surface area (Å²) in [7, 11) is 1.66. The molecule has 0 saturated heterocycles. The number of methoxy groups -OCH3 is 1. The van der Waals surface area contributed by atoms with E-state index in [2.05, 4.69) is 22.8 Å². The van der Waals surface area contributed by atoms with Crippen LogP contribution in [0.3, 0.4) is 0 Å². The van der Waals surface area contributed by atoms with Crippen LogP contribution < -0.4 is 10.4 Å². The maximum atomic E-state index is 12.3. The van der Waals surface area contributed by atoms with Gasteiger partial charge in [-0.2, -0.15) is 0 Å². The van der Waals surface area contributed by atoms with Gasteiger partial charge in [0.05, 0.1) is 18.1 Å². The van der Waals surface area contributed by atoms with Gasteiger partial charge in [-0.1, -0.05) is 54.2 Å². The summed E-state index contributed by atoms with van der Waals surface area (Å²) in [6.45, 7) is 0. The summed E-state index contributed by atoms with van der Waals surface area (Å²) in [6.07, 6.45) is 0. The van der Waals surface area contributed by atoms with Crippen molar-refractivity contribution in [2.24, 2.45) is 0 Å². The third-order valence-corrected chi connectivity index (χ3v) is 6.92. The van der Waals surface area contributed by atoms with Crippen LogP contribution in [0.25, 0.3) is 38.5 Å². The minimum atomic E-state index is -0.345. The van der Waals surface area contributed by atoms with E-state index in [1.807, 2.05) is 66.7 Å². The van der Waals surface area contributed by atoms with Crippen molar-refractivity contribution in [1.82, 2.24) is 9.55 Å². The van der Waals surface area contributed by atoms with Crippen LogP contribution in [0, 0.1) is 0 Å². The van der Waals surface area contributed by atoms with Crippen molar-refractivity contribution >= 4 is 44.5 Å². The number of thioether (sulfide) groups is 1. The average Bonchev–Trinajstić information content (AvgIpc) is 3.25. The highest BCUT2D eigenvalue weighted by atomic mass is 32.2. The van der Waals surface area contributed by atoms with E-state index in [1.54, 1.807) is 24.9 Å². The van der Waals surface area contributed by atoms with Crippen LogP contribution in [-0.2, 0) is 5.75 Å². The summed E-state index contributed by atoms with van der Waals surface area (Å²) in [5.41, 5.74) is 4.13. The maximum absolute atomic E-state index is 12.3. The quantitative estimate of drug-likeness (QED) is 0.164. The summed E-state index contributed by atoms with van der Waals surface area (Å²) in [6, 6.07) is 29.6. The molecule has 4 aromatic carbocycles. The van der Waals surface area contributed by atoms with Crippen molar-refractivity contribution in [3.05, 3.63) is 107 Å². The number of fused-ring (bicyclic) bond motifs is 4. The number of rotatable bonds is 5. The van der Waals surface area contributed by atoms with E-state index in [4.69, 9.17) is 14.1 Å². The Hall–Kier alpha value is -4.03. The van der Waals surface area contributed by atoms with Crippen molar-refractivity contribution in [3.63, 3.8) is 0 Å². The molecule has 2 heterocycles. The van der Waals surface area contributed by atoms with E-state index < -0.39 is 0 Å². The van der Waals surface area contributed by atoms with Crippen molar-refractivity contribution in [3.8, 4) is 11.4 Å². The summed E-state index contributed by atoms with van der Waals surface area (Å²) in [5, 5.41) is 4.01. The number of nitrogens with zero attached hydrogens (tertiary/aromatic N) is 2. The molecule has 0 atom stereocenters. The van der Waals surface area contributed by atoms with E-state index in [0.717, 1.165) is 49.3 Å².